The van der Waals surface area contributed by atoms with Gasteiger partial charge in [-0.15, -0.1) is 0 Å². The van der Waals surface area contributed by atoms with Gasteiger partial charge < -0.3 is 15.0 Å². The molecule has 4 heteroatoms. The van der Waals surface area contributed by atoms with Gasteiger partial charge in [0.05, 0.1) is 24.7 Å². The molecule has 0 spiro atoms. The fourth-order valence-electron chi connectivity index (χ4n) is 1.97. The molecule has 0 saturated carbocycles. The summed E-state index contributed by atoms with van der Waals surface area (Å²) in [5.41, 5.74) is 7.31. The van der Waals surface area contributed by atoms with Gasteiger partial charge in [0.15, 0.2) is 0 Å². The zero-order chi connectivity index (χ0) is 12.8. The summed E-state index contributed by atoms with van der Waals surface area (Å²) in [5.74, 6) is 0.593. The lowest BCUT2D eigenvalue weighted by atomic mass is 10.0. The molecule has 1 heterocycles. The molecule has 2 unspecified atom stereocenters. The molecule has 0 aliphatic rings. The SMILES string of the molecule is CCOCC(C)n1cncc1C(N)CC(C)C. The molecular weight excluding hydrogens is 214 g/mol. The van der Waals surface area contributed by atoms with Crippen molar-refractivity contribution in [1.82, 2.24) is 9.55 Å². The van der Waals surface area contributed by atoms with Crippen LogP contribution in [-0.4, -0.2) is 22.8 Å². The largest absolute Gasteiger partial charge is 0.380 e. The van der Waals surface area contributed by atoms with E-state index in [4.69, 9.17) is 10.5 Å². The van der Waals surface area contributed by atoms with Gasteiger partial charge in [0, 0.05) is 18.8 Å². The van der Waals surface area contributed by atoms with Crippen LogP contribution in [0.15, 0.2) is 12.5 Å². The molecule has 2 atom stereocenters. The van der Waals surface area contributed by atoms with Crippen molar-refractivity contribution in [3.05, 3.63) is 18.2 Å². The molecule has 98 valence electrons. The minimum absolute atomic E-state index is 0.0570. The number of ether oxygens (including phenoxy) is 1. The first kappa shape index (κ1) is 14.2. The zero-order valence-electron chi connectivity index (χ0n) is 11.4. The molecule has 1 rings (SSSR count). The second-order valence-corrected chi connectivity index (χ2v) is 4.97. The third-order valence-electron chi connectivity index (χ3n) is 2.84. The van der Waals surface area contributed by atoms with Gasteiger partial charge in [-0.25, -0.2) is 4.98 Å². The monoisotopic (exact) mass is 239 g/mol. The Balaban J connectivity index is 2.70. The Bertz CT molecular complexity index is 322. The van der Waals surface area contributed by atoms with Gasteiger partial charge in [-0.2, -0.15) is 0 Å². The minimum atomic E-state index is 0.0570. The van der Waals surface area contributed by atoms with E-state index in [-0.39, 0.29) is 12.1 Å². The van der Waals surface area contributed by atoms with Crippen molar-refractivity contribution in [2.45, 2.75) is 46.2 Å². The van der Waals surface area contributed by atoms with Crippen molar-refractivity contribution in [1.29, 1.82) is 0 Å². The van der Waals surface area contributed by atoms with Crippen LogP contribution in [0.4, 0.5) is 0 Å². The van der Waals surface area contributed by atoms with Crippen LogP contribution < -0.4 is 5.73 Å². The smallest absolute Gasteiger partial charge is 0.0952 e. The first-order valence-electron chi connectivity index (χ1n) is 6.41. The van der Waals surface area contributed by atoms with Crippen molar-refractivity contribution in [2.24, 2.45) is 11.7 Å². The topological polar surface area (TPSA) is 53.1 Å². The quantitative estimate of drug-likeness (QED) is 0.795. The molecule has 0 amide bonds. The van der Waals surface area contributed by atoms with Crippen molar-refractivity contribution in [3.8, 4) is 0 Å². The summed E-state index contributed by atoms with van der Waals surface area (Å²) in [6.07, 6.45) is 4.70. The molecule has 0 saturated heterocycles. The van der Waals surface area contributed by atoms with Crippen molar-refractivity contribution in [2.75, 3.05) is 13.2 Å². The van der Waals surface area contributed by atoms with Gasteiger partial charge >= 0.3 is 0 Å². The zero-order valence-corrected chi connectivity index (χ0v) is 11.4. The Morgan fingerprint density at radius 1 is 1.41 bits per heavy atom. The Morgan fingerprint density at radius 3 is 2.71 bits per heavy atom. The van der Waals surface area contributed by atoms with Gasteiger partial charge in [-0.3, -0.25) is 0 Å². The normalized spacial score (nSPS) is 15.2. The van der Waals surface area contributed by atoms with Crippen molar-refractivity contribution in [3.63, 3.8) is 0 Å². The van der Waals surface area contributed by atoms with Gasteiger partial charge in [-0.05, 0) is 26.2 Å². The maximum atomic E-state index is 6.21. The average Bonchev–Trinajstić information content (AvgIpc) is 2.73. The predicted octanol–water partition coefficient (Wildman–Crippen LogP) is 2.53. The average molecular weight is 239 g/mol. The van der Waals surface area contributed by atoms with E-state index < -0.39 is 0 Å². The molecular formula is C13H25N3O. The third-order valence-corrected chi connectivity index (χ3v) is 2.84. The molecule has 1 aromatic heterocycles. The molecule has 0 bridgehead atoms. The van der Waals surface area contributed by atoms with E-state index in [9.17, 15) is 0 Å². The van der Waals surface area contributed by atoms with E-state index in [1.54, 1.807) is 0 Å². The highest BCUT2D eigenvalue weighted by molar-refractivity contribution is 5.06. The molecule has 0 aliphatic heterocycles. The number of nitrogens with two attached hydrogens (primary N) is 1. The maximum absolute atomic E-state index is 6.21. The van der Waals surface area contributed by atoms with Crippen LogP contribution in [0, 0.1) is 5.92 Å². The number of rotatable bonds is 7. The Hall–Kier alpha value is -0.870. The number of hydrogen-bond donors (Lipinski definition) is 1. The van der Waals surface area contributed by atoms with Crippen LogP contribution in [0.25, 0.3) is 0 Å². The lowest BCUT2D eigenvalue weighted by molar-refractivity contribution is 0.117. The molecule has 0 fully saturated rings. The van der Waals surface area contributed by atoms with Gasteiger partial charge in [0.25, 0.3) is 0 Å². The van der Waals surface area contributed by atoms with E-state index in [0.717, 1.165) is 18.7 Å². The second kappa shape index (κ2) is 6.77. The summed E-state index contributed by atoms with van der Waals surface area (Å²) in [7, 11) is 0. The summed E-state index contributed by atoms with van der Waals surface area (Å²) in [6.45, 7) is 9.95. The first-order chi connectivity index (χ1) is 8.06. The van der Waals surface area contributed by atoms with Crippen LogP contribution in [0.3, 0.4) is 0 Å². The molecule has 0 aromatic carbocycles. The minimum Gasteiger partial charge on any atom is -0.380 e. The summed E-state index contributed by atoms with van der Waals surface area (Å²) in [5, 5.41) is 0. The number of imidazole rings is 1. The van der Waals surface area contributed by atoms with Crippen LogP contribution in [0.1, 0.15) is 51.9 Å². The highest BCUT2D eigenvalue weighted by atomic mass is 16.5. The third kappa shape index (κ3) is 4.13. The Kier molecular flexibility index (Phi) is 5.65. The van der Waals surface area contributed by atoms with Crippen LogP contribution in [-0.2, 0) is 4.74 Å². The molecule has 1 aromatic rings. The van der Waals surface area contributed by atoms with E-state index >= 15 is 0 Å². The standard InChI is InChI=1S/C13H25N3O/c1-5-17-8-11(4)16-9-15-7-13(16)12(14)6-10(2)3/h7,9-12H,5-6,8,14H2,1-4H3. The van der Waals surface area contributed by atoms with Gasteiger partial charge in [0.1, 0.15) is 0 Å². The maximum Gasteiger partial charge on any atom is 0.0952 e. The number of nitrogens with zero attached hydrogens (tertiary/aromatic N) is 2. The van der Waals surface area contributed by atoms with Crippen molar-refractivity contribution < 1.29 is 4.74 Å². The summed E-state index contributed by atoms with van der Waals surface area (Å²) in [4.78, 5) is 4.21. The van der Waals surface area contributed by atoms with E-state index in [1.807, 2.05) is 19.4 Å². The molecule has 17 heavy (non-hydrogen) atoms. The highest BCUT2D eigenvalue weighted by Crippen LogP contribution is 2.21. The fraction of sp³-hybridized carbons (Fsp3) is 0.769. The van der Waals surface area contributed by atoms with Crippen LogP contribution in [0.5, 0.6) is 0 Å². The Labute approximate surface area is 104 Å². The summed E-state index contributed by atoms with van der Waals surface area (Å²) >= 11 is 0. The van der Waals surface area contributed by atoms with E-state index in [2.05, 4.69) is 30.3 Å². The second-order valence-electron chi connectivity index (χ2n) is 4.97. The first-order valence-corrected chi connectivity index (χ1v) is 6.41. The van der Waals surface area contributed by atoms with Gasteiger partial charge in [0.2, 0.25) is 0 Å². The number of hydrogen-bond acceptors (Lipinski definition) is 3. The molecule has 0 radical (unpaired) electrons. The molecule has 2 N–H and O–H groups in total. The molecule has 4 nitrogen and oxygen atoms in total. The summed E-state index contributed by atoms with van der Waals surface area (Å²) in [6, 6.07) is 0.340. The van der Waals surface area contributed by atoms with Crippen LogP contribution >= 0.6 is 0 Å². The molecule has 0 aliphatic carbocycles. The summed E-state index contributed by atoms with van der Waals surface area (Å²) < 4.78 is 7.57. The van der Waals surface area contributed by atoms with E-state index in [0.29, 0.717) is 12.5 Å². The van der Waals surface area contributed by atoms with Crippen molar-refractivity contribution >= 4 is 0 Å². The predicted molar refractivity (Wildman–Crippen MR) is 69.8 cm³/mol. The Morgan fingerprint density at radius 2 is 2.12 bits per heavy atom. The lowest BCUT2D eigenvalue weighted by Crippen LogP contribution is -2.21. The highest BCUT2D eigenvalue weighted by Gasteiger charge is 2.16. The van der Waals surface area contributed by atoms with E-state index in [1.165, 1.54) is 0 Å². The number of aromatic nitrogens is 2. The fourth-order valence-corrected chi connectivity index (χ4v) is 1.97. The van der Waals surface area contributed by atoms with Crippen LogP contribution in [0.2, 0.25) is 0 Å². The van der Waals surface area contributed by atoms with Gasteiger partial charge in [-0.1, -0.05) is 13.8 Å². The lowest BCUT2D eigenvalue weighted by Gasteiger charge is -2.21.